The maximum absolute atomic E-state index is 5.48. The third-order valence-corrected chi connectivity index (χ3v) is 14.5. The molecule has 10 rings (SSSR count). The van der Waals surface area contributed by atoms with E-state index in [0.29, 0.717) is 0 Å². The van der Waals surface area contributed by atoms with Crippen LogP contribution in [-0.2, 0) is 0 Å². The lowest BCUT2D eigenvalue weighted by Crippen LogP contribution is -2.50. The van der Waals surface area contributed by atoms with Gasteiger partial charge in [0.25, 0.3) is 0 Å². The molecule has 0 unspecified atom stereocenters. The van der Waals surface area contributed by atoms with Crippen LogP contribution in [0.15, 0.2) is 182 Å². The largest absolute Gasteiger partial charge is 0.228 e. The van der Waals surface area contributed by atoms with E-state index in [0.717, 1.165) is 28.3 Å². The van der Waals surface area contributed by atoms with Crippen molar-refractivity contribution in [1.29, 1.82) is 0 Å². The zero-order valence-corrected chi connectivity index (χ0v) is 30.7. The molecule has 0 N–H and O–H groups in total. The minimum absolute atomic E-state index is 0.764. The molecular formula is C50H36N2Si. The fourth-order valence-electron chi connectivity index (χ4n) is 8.53. The van der Waals surface area contributed by atoms with Gasteiger partial charge < -0.3 is 0 Å². The first kappa shape index (κ1) is 31.3. The minimum atomic E-state index is -2.32. The van der Waals surface area contributed by atoms with E-state index >= 15 is 0 Å². The van der Waals surface area contributed by atoms with Gasteiger partial charge in [-0.2, -0.15) is 0 Å². The topological polar surface area (TPSA) is 25.8 Å². The van der Waals surface area contributed by atoms with Crippen LogP contribution >= 0.6 is 0 Å². The summed E-state index contributed by atoms with van der Waals surface area (Å²) >= 11 is 0. The summed E-state index contributed by atoms with van der Waals surface area (Å²) in [5.41, 5.74) is 12.8. The Morgan fingerprint density at radius 2 is 0.736 bits per heavy atom. The standard InChI is InChI=1S/C50H36N2Si/c1-53(2)48-44-26-12-10-24-42(44)41-23-9-11-25-43(41)45(48)47-49(53)46(51-50(52-47)36-17-7-4-8-18-36)40-22-14-21-39(32-40)38-20-13-19-37(31-38)35-29-27-34(28-30-35)33-15-5-3-6-16-33/h3-32H,1-2H3. The van der Waals surface area contributed by atoms with E-state index < -0.39 is 8.07 Å². The Morgan fingerprint density at radius 1 is 0.321 bits per heavy atom. The Balaban J connectivity index is 1.15. The number of rotatable bonds is 5. The van der Waals surface area contributed by atoms with Crippen LogP contribution in [0.3, 0.4) is 0 Å². The van der Waals surface area contributed by atoms with Crippen LogP contribution in [0.4, 0.5) is 0 Å². The molecule has 53 heavy (non-hydrogen) atoms. The molecule has 1 aliphatic heterocycles. The first-order valence-electron chi connectivity index (χ1n) is 18.3. The van der Waals surface area contributed by atoms with Gasteiger partial charge in [0.05, 0.1) is 11.4 Å². The second-order valence-electron chi connectivity index (χ2n) is 14.6. The molecule has 2 nitrogen and oxygen atoms in total. The van der Waals surface area contributed by atoms with Gasteiger partial charge in [-0.1, -0.05) is 183 Å². The molecule has 0 spiro atoms. The van der Waals surface area contributed by atoms with E-state index in [1.165, 1.54) is 70.9 Å². The summed E-state index contributed by atoms with van der Waals surface area (Å²) < 4.78 is 0. The van der Waals surface area contributed by atoms with E-state index in [-0.39, 0.29) is 0 Å². The van der Waals surface area contributed by atoms with Crippen LogP contribution < -0.4 is 10.4 Å². The highest BCUT2D eigenvalue weighted by Gasteiger charge is 2.44. The van der Waals surface area contributed by atoms with Gasteiger partial charge in [-0.25, -0.2) is 9.97 Å². The first-order chi connectivity index (χ1) is 26.0. The van der Waals surface area contributed by atoms with Crippen molar-refractivity contribution >= 4 is 40.0 Å². The Labute approximate surface area is 311 Å². The van der Waals surface area contributed by atoms with Crippen LogP contribution in [0.1, 0.15) is 0 Å². The number of benzene rings is 8. The van der Waals surface area contributed by atoms with Gasteiger partial charge in [-0.3, -0.25) is 0 Å². The van der Waals surface area contributed by atoms with Crippen LogP contribution in [0.5, 0.6) is 0 Å². The van der Waals surface area contributed by atoms with Crippen molar-refractivity contribution < 1.29 is 0 Å². The highest BCUT2D eigenvalue weighted by atomic mass is 28.3. The Hall–Kier alpha value is -6.42. The van der Waals surface area contributed by atoms with E-state index in [1.54, 1.807) is 0 Å². The van der Waals surface area contributed by atoms with Crippen molar-refractivity contribution in [3.05, 3.63) is 182 Å². The van der Waals surface area contributed by atoms with Crippen molar-refractivity contribution in [1.82, 2.24) is 9.97 Å². The van der Waals surface area contributed by atoms with Gasteiger partial charge in [0.2, 0.25) is 0 Å². The van der Waals surface area contributed by atoms with E-state index in [9.17, 15) is 0 Å². The van der Waals surface area contributed by atoms with E-state index in [1.807, 2.05) is 0 Å². The van der Waals surface area contributed by atoms with Crippen LogP contribution in [0.2, 0.25) is 13.1 Å². The molecule has 0 bridgehead atoms. The zero-order chi connectivity index (χ0) is 35.5. The maximum atomic E-state index is 5.48. The third kappa shape index (κ3) is 5.15. The average Bonchev–Trinajstić information content (AvgIpc) is 3.48. The molecule has 1 aliphatic rings. The Morgan fingerprint density at radius 3 is 1.38 bits per heavy atom. The highest BCUT2D eigenvalue weighted by molar-refractivity contribution is 7.06. The number of aromatic nitrogens is 2. The van der Waals surface area contributed by atoms with E-state index in [4.69, 9.17) is 9.97 Å². The molecule has 0 amide bonds. The van der Waals surface area contributed by atoms with Gasteiger partial charge in [0.15, 0.2) is 5.82 Å². The molecule has 0 aliphatic carbocycles. The van der Waals surface area contributed by atoms with Crippen LogP contribution in [-0.4, -0.2) is 18.0 Å². The molecule has 1 aromatic heterocycles. The SMILES string of the molecule is C[Si]1(C)c2c(-c3cccc(-c4cccc(-c5ccc(-c6ccccc6)cc5)c4)c3)nc(-c3ccccc3)nc2-c2c1c1ccccc1c1ccccc21. The quantitative estimate of drug-likeness (QED) is 0.133. The fourth-order valence-corrected chi connectivity index (χ4v) is 12.1. The van der Waals surface area contributed by atoms with Gasteiger partial charge in [-0.15, -0.1) is 0 Å². The van der Waals surface area contributed by atoms with Crippen molar-refractivity contribution in [2.75, 3.05) is 0 Å². The summed E-state index contributed by atoms with van der Waals surface area (Å²) in [6, 6.07) is 65.6. The number of hydrogen-bond acceptors (Lipinski definition) is 2. The highest BCUT2D eigenvalue weighted by Crippen LogP contribution is 2.41. The van der Waals surface area contributed by atoms with Crippen molar-refractivity contribution in [2.24, 2.45) is 0 Å². The lowest BCUT2D eigenvalue weighted by molar-refractivity contribution is 1.20. The molecule has 0 saturated heterocycles. The zero-order valence-electron chi connectivity index (χ0n) is 29.7. The normalized spacial score (nSPS) is 12.9. The second-order valence-corrected chi connectivity index (χ2v) is 18.8. The fraction of sp³-hybridized carbons (Fsp3) is 0.0400. The van der Waals surface area contributed by atoms with Gasteiger partial charge in [0.1, 0.15) is 8.07 Å². The molecule has 250 valence electrons. The summed E-state index contributed by atoms with van der Waals surface area (Å²) in [4.78, 5) is 11.0. The molecule has 8 aromatic carbocycles. The van der Waals surface area contributed by atoms with E-state index in [2.05, 4.69) is 195 Å². The lowest BCUT2D eigenvalue weighted by atomic mass is 9.94. The molecule has 0 atom stereocenters. The molecule has 0 saturated carbocycles. The van der Waals surface area contributed by atoms with Crippen LogP contribution in [0.25, 0.3) is 88.8 Å². The Kier molecular flexibility index (Phi) is 7.31. The number of nitrogens with zero attached hydrogens (tertiary/aromatic N) is 2. The van der Waals surface area contributed by atoms with Crippen LogP contribution in [0, 0.1) is 0 Å². The summed E-state index contributed by atoms with van der Waals surface area (Å²) in [7, 11) is -2.32. The number of hydrogen-bond donors (Lipinski definition) is 0. The maximum Gasteiger partial charge on any atom is 0.160 e. The summed E-state index contributed by atoms with van der Waals surface area (Å²) in [6.45, 7) is 4.98. The number of fused-ring (bicyclic) bond motifs is 8. The molecule has 3 heteroatoms. The smallest absolute Gasteiger partial charge is 0.160 e. The predicted octanol–water partition coefficient (Wildman–Crippen LogP) is 11.9. The van der Waals surface area contributed by atoms with Crippen molar-refractivity contribution in [2.45, 2.75) is 13.1 Å². The van der Waals surface area contributed by atoms with Crippen molar-refractivity contribution in [3.63, 3.8) is 0 Å². The third-order valence-electron chi connectivity index (χ3n) is 11.0. The molecular weight excluding hydrogens is 657 g/mol. The first-order valence-corrected chi connectivity index (χ1v) is 21.3. The molecule has 2 heterocycles. The Bertz CT molecular complexity index is 2840. The van der Waals surface area contributed by atoms with Crippen molar-refractivity contribution in [3.8, 4) is 67.3 Å². The summed E-state index contributed by atoms with van der Waals surface area (Å²) in [6.07, 6.45) is 0. The van der Waals surface area contributed by atoms with Gasteiger partial charge in [-0.05, 0) is 77.4 Å². The van der Waals surface area contributed by atoms with Gasteiger partial charge in [0, 0.05) is 16.7 Å². The second kappa shape index (κ2) is 12.4. The molecule has 9 aromatic rings. The average molecular weight is 693 g/mol. The monoisotopic (exact) mass is 692 g/mol. The minimum Gasteiger partial charge on any atom is -0.228 e. The van der Waals surface area contributed by atoms with Gasteiger partial charge >= 0.3 is 0 Å². The lowest BCUT2D eigenvalue weighted by Gasteiger charge is -2.23. The predicted molar refractivity (Wildman–Crippen MR) is 226 cm³/mol. The molecule has 0 fully saturated rings. The molecule has 0 radical (unpaired) electrons. The summed E-state index contributed by atoms with van der Waals surface area (Å²) in [5.74, 6) is 0.764. The summed E-state index contributed by atoms with van der Waals surface area (Å²) in [5, 5.41) is 7.97.